The van der Waals surface area contributed by atoms with E-state index in [0.29, 0.717) is 22.2 Å². The van der Waals surface area contributed by atoms with Crippen molar-refractivity contribution in [2.24, 2.45) is 0 Å². The molecule has 152 valence electrons. The summed E-state index contributed by atoms with van der Waals surface area (Å²) in [6.07, 6.45) is 0.950. The van der Waals surface area contributed by atoms with E-state index in [1.165, 1.54) is 5.56 Å². The van der Waals surface area contributed by atoms with Gasteiger partial charge in [0.2, 0.25) is 5.13 Å². The normalized spacial score (nSPS) is 10.9. The molecule has 0 saturated heterocycles. The minimum absolute atomic E-state index is 0.211. The average molecular weight is 419 g/mol. The third-order valence-corrected chi connectivity index (χ3v) is 5.72. The van der Waals surface area contributed by atoms with Crippen molar-refractivity contribution >= 4 is 22.6 Å². The van der Waals surface area contributed by atoms with E-state index in [4.69, 9.17) is 0 Å². The number of nitrogens with zero attached hydrogens (tertiary/aromatic N) is 5. The van der Waals surface area contributed by atoms with Crippen LogP contribution < -0.4 is 5.32 Å². The summed E-state index contributed by atoms with van der Waals surface area (Å²) in [5, 5.41) is 11.8. The molecule has 30 heavy (non-hydrogen) atoms. The van der Waals surface area contributed by atoms with E-state index in [1.54, 1.807) is 10.7 Å². The Labute approximate surface area is 179 Å². The lowest BCUT2D eigenvalue weighted by atomic mass is 10.1. The molecule has 0 fully saturated rings. The first-order valence-electron chi connectivity index (χ1n) is 9.70. The van der Waals surface area contributed by atoms with Crippen LogP contribution in [0.5, 0.6) is 0 Å². The van der Waals surface area contributed by atoms with Crippen LogP contribution in [0.25, 0.3) is 17.2 Å². The molecule has 0 spiro atoms. The van der Waals surface area contributed by atoms with Crippen LogP contribution in [-0.2, 0) is 6.42 Å². The third kappa shape index (κ3) is 3.86. The van der Waals surface area contributed by atoms with Crippen molar-refractivity contribution in [1.82, 2.24) is 24.4 Å². The molecule has 0 atom stereocenters. The van der Waals surface area contributed by atoms with Crippen molar-refractivity contribution in [3.05, 3.63) is 70.4 Å². The maximum atomic E-state index is 12.5. The molecule has 0 radical (unpaired) electrons. The molecule has 0 unspecified atom stereocenters. The molecular weight excluding hydrogens is 396 g/mol. The second-order valence-electron chi connectivity index (χ2n) is 7.14. The number of nitrogens with one attached hydrogen (secondary N) is 1. The number of anilines is 1. The van der Waals surface area contributed by atoms with E-state index >= 15 is 0 Å². The number of carbonyl (C=O) groups is 1. The summed E-state index contributed by atoms with van der Waals surface area (Å²) in [5.74, 6) is 0.239. The fourth-order valence-corrected chi connectivity index (χ4v) is 3.68. The minimum Gasteiger partial charge on any atom is -0.297 e. The number of rotatable bonds is 5. The zero-order chi connectivity index (χ0) is 21.3. The van der Waals surface area contributed by atoms with E-state index in [1.807, 2.05) is 45.0 Å². The highest BCUT2D eigenvalue weighted by Crippen LogP contribution is 2.24. The van der Waals surface area contributed by atoms with E-state index in [0.717, 1.165) is 40.5 Å². The number of amides is 1. The lowest BCUT2D eigenvalue weighted by Gasteiger charge is -2.05. The Hall–Kier alpha value is -3.39. The van der Waals surface area contributed by atoms with Crippen LogP contribution in [0.2, 0.25) is 0 Å². The Kier molecular flexibility index (Phi) is 5.41. The SMILES string of the molecule is CCc1cccc(-n2nnc(-c3nsc(NC(=O)c4ccc(C)c(C)c4)n3)c2C)c1. The molecule has 0 bridgehead atoms. The van der Waals surface area contributed by atoms with Crippen LogP contribution in [-0.4, -0.2) is 30.3 Å². The van der Waals surface area contributed by atoms with Gasteiger partial charge in [-0.15, -0.1) is 5.10 Å². The third-order valence-electron chi connectivity index (χ3n) is 5.09. The standard InChI is InChI=1S/C22H22N6OS/c1-5-16-7-6-8-18(12-16)28-15(4)19(25-27-28)20-23-22(30-26-20)24-21(29)17-10-9-13(2)14(3)11-17/h6-12H,5H2,1-4H3,(H,23,24,26,29). The number of hydrogen-bond acceptors (Lipinski definition) is 6. The van der Waals surface area contributed by atoms with Gasteiger partial charge in [-0.2, -0.15) is 9.36 Å². The largest absolute Gasteiger partial charge is 0.297 e. The molecule has 0 aliphatic rings. The van der Waals surface area contributed by atoms with Gasteiger partial charge in [-0.1, -0.05) is 30.3 Å². The summed E-state index contributed by atoms with van der Waals surface area (Å²) in [7, 11) is 0. The zero-order valence-electron chi connectivity index (χ0n) is 17.3. The molecule has 0 aliphatic heterocycles. The monoisotopic (exact) mass is 418 g/mol. The average Bonchev–Trinajstić information content (AvgIpc) is 3.36. The Balaban J connectivity index is 1.56. The van der Waals surface area contributed by atoms with E-state index in [9.17, 15) is 4.79 Å². The maximum Gasteiger partial charge on any atom is 0.257 e. The summed E-state index contributed by atoms with van der Waals surface area (Å²) in [6, 6.07) is 13.8. The predicted molar refractivity (Wildman–Crippen MR) is 118 cm³/mol. The molecular formula is C22H22N6OS. The van der Waals surface area contributed by atoms with Crippen LogP contribution in [0.3, 0.4) is 0 Å². The van der Waals surface area contributed by atoms with Gasteiger partial charge in [0.25, 0.3) is 5.91 Å². The highest BCUT2D eigenvalue weighted by molar-refractivity contribution is 7.10. The van der Waals surface area contributed by atoms with Crippen LogP contribution in [0.1, 0.15) is 39.7 Å². The Bertz CT molecular complexity index is 1230. The van der Waals surface area contributed by atoms with Gasteiger partial charge in [-0.25, -0.2) is 4.68 Å². The van der Waals surface area contributed by atoms with Crippen molar-refractivity contribution in [3.8, 4) is 17.2 Å². The van der Waals surface area contributed by atoms with Gasteiger partial charge >= 0.3 is 0 Å². The van der Waals surface area contributed by atoms with Crippen molar-refractivity contribution in [3.63, 3.8) is 0 Å². The minimum atomic E-state index is -0.211. The van der Waals surface area contributed by atoms with Gasteiger partial charge in [0.15, 0.2) is 11.5 Å². The Morgan fingerprint density at radius 3 is 2.70 bits per heavy atom. The predicted octanol–water partition coefficient (Wildman–Crippen LogP) is 4.53. The quantitative estimate of drug-likeness (QED) is 0.515. The summed E-state index contributed by atoms with van der Waals surface area (Å²) in [6.45, 7) is 8.05. The molecule has 0 aliphatic carbocycles. The highest BCUT2D eigenvalue weighted by atomic mass is 32.1. The fourth-order valence-electron chi connectivity index (χ4n) is 3.11. The number of benzene rings is 2. The number of hydrogen-bond donors (Lipinski definition) is 1. The summed E-state index contributed by atoms with van der Waals surface area (Å²) >= 11 is 1.12. The lowest BCUT2D eigenvalue weighted by Crippen LogP contribution is -2.12. The Morgan fingerprint density at radius 2 is 1.93 bits per heavy atom. The van der Waals surface area contributed by atoms with Crippen LogP contribution in [0, 0.1) is 20.8 Å². The van der Waals surface area contributed by atoms with E-state index in [2.05, 4.69) is 44.0 Å². The van der Waals surface area contributed by atoms with Crippen molar-refractivity contribution in [1.29, 1.82) is 0 Å². The molecule has 2 aromatic carbocycles. The summed E-state index contributed by atoms with van der Waals surface area (Å²) < 4.78 is 6.15. The molecule has 4 rings (SSSR count). The second-order valence-corrected chi connectivity index (χ2v) is 7.89. The molecule has 1 N–H and O–H groups in total. The first-order chi connectivity index (χ1) is 14.5. The molecule has 2 heterocycles. The maximum absolute atomic E-state index is 12.5. The lowest BCUT2D eigenvalue weighted by molar-refractivity contribution is 0.102. The van der Waals surface area contributed by atoms with Crippen molar-refractivity contribution in [2.75, 3.05) is 5.32 Å². The smallest absolute Gasteiger partial charge is 0.257 e. The number of aryl methyl sites for hydroxylation is 3. The van der Waals surface area contributed by atoms with Gasteiger partial charge in [0.05, 0.1) is 11.4 Å². The zero-order valence-corrected chi connectivity index (χ0v) is 18.1. The van der Waals surface area contributed by atoms with E-state index < -0.39 is 0 Å². The topological polar surface area (TPSA) is 85.6 Å². The van der Waals surface area contributed by atoms with Gasteiger partial charge in [0.1, 0.15) is 0 Å². The summed E-state index contributed by atoms with van der Waals surface area (Å²) in [4.78, 5) is 17.0. The molecule has 4 aromatic rings. The van der Waals surface area contributed by atoms with E-state index in [-0.39, 0.29) is 5.91 Å². The van der Waals surface area contributed by atoms with Gasteiger partial charge < -0.3 is 0 Å². The van der Waals surface area contributed by atoms with Crippen LogP contribution in [0.4, 0.5) is 5.13 Å². The summed E-state index contributed by atoms with van der Waals surface area (Å²) in [5.41, 5.74) is 6.42. The molecule has 1 amide bonds. The number of aromatic nitrogens is 5. The second kappa shape index (κ2) is 8.16. The van der Waals surface area contributed by atoms with Crippen molar-refractivity contribution in [2.45, 2.75) is 34.1 Å². The van der Waals surface area contributed by atoms with Gasteiger partial charge in [0, 0.05) is 17.1 Å². The first-order valence-corrected chi connectivity index (χ1v) is 10.5. The van der Waals surface area contributed by atoms with Gasteiger partial charge in [-0.05, 0) is 68.1 Å². The van der Waals surface area contributed by atoms with Gasteiger partial charge in [-0.3, -0.25) is 10.1 Å². The molecule has 2 aromatic heterocycles. The molecule has 0 saturated carbocycles. The number of carbonyl (C=O) groups excluding carboxylic acids is 1. The van der Waals surface area contributed by atoms with Crippen LogP contribution >= 0.6 is 11.5 Å². The Morgan fingerprint density at radius 1 is 1.10 bits per heavy atom. The molecule has 7 nitrogen and oxygen atoms in total. The van der Waals surface area contributed by atoms with Crippen molar-refractivity contribution < 1.29 is 4.79 Å². The van der Waals surface area contributed by atoms with Crippen LogP contribution in [0.15, 0.2) is 42.5 Å². The highest BCUT2D eigenvalue weighted by Gasteiger charge is 2.18. The fraction of sp³-hybridized carbons (Fsp3) is 0.227. The molecule has 8 heteroatoms. The first kappa shape index (κ1) is 19.9.